The number of nitrogens with zero attached hydrogens (tertiary/aromatic N) is 2. The molecule has 1 amide bonds. The Morgan fingerprint density at radius 3 is 2.58 bits per heavy atom. The molecule has 24 heavy (non-hydrogen) atoms. The van der Waals surface area contributed by atoms with Crippen molar-refractivity contribution >= 4 is 5.91 Å². The predicted molar refractivity (Wildman–Crippen MR) is 92.6 cm³/mol. The minimum Gasteiger partial charge on any atom is -0.459 e. The molecule has 4 heteroatoms. The van der Waals surface area contributed by atoms with Crippen molar-refractivity contribution in [2.45, 2.75) is 44.3 Å². The van der Waals surface area contributed by atoms with Crippen LogP contribution in [-0.4, -0.2) is 40.9 Å². The lowest BCUT2D eigenvalue weighted by molar-refractivity contribution is 0.0608. The Balaban J connectivity index is 1.49. The Labute approximate surface area is 143 Å². The first-order chi connectivity index (χ1) is 11.8. The monoisotopic (exact) mass is 324 g/mol. The van der Waals surface area contributed by atoms with Crippen LogP contribution in [0.25, 0.3) is 0 Å². The zero-order valence-electron chi connectivity index (χ0n) is 13.9. The van der Waals surface area contributed by atoms with Gasteiger partial charge in [0.15, 0.2) is 5.76 Å². The first kappa shape index (κ1) is 15.5. The molecule has 2 atom stereocenters. The van der Waals surface area contributed by atoms with Gasteiger partial charge in [0.05, 0.1) is 6.26 Å². The smallest absolute Gasteiger partial charge is 0.289 e. The van der Waals surface area contributed by atoms with E-state index in [-0.39, 0.29) is 5.91 Å². The summed E-state index contributed by atoms with van der Waals surface area (Å²) in [5, 5.41) is 0. The van der Waals surface area contributed by atoms with Gasteiger partial charge in [0.2, 0.25) is 0 Å². The molecule has 1 aromatic heterocycles. The van der Waals surface area contributed by atoms with Crippen LogP contribution in [0.1, 0.15) is 41.8 Å². The van der Waals surface area contributed by atoms with Gasteiger partial charge in [0.25, 0.3) is 5.91 Å². The molecule has 2 fully saturated rings. The normalized spacial score (nSPS) is 24.6. The SMILES string of the molecule is O=C(c1ccco1)N1CCC[C@@H]1[C@H]1CCCN1Cc1ccccc1. The van der Waals surface area contributed by atoms with Crippen LogP contribution in [-0.2, 0) is 6.54 Å². The third kappa shape index (κ3) is 2.98. The number of carbonyl (C=O) groups excluding carboxylic acids is 1. The highest BCUT2D eigenvalue weighted by atomic mass is 16.3. The molecule has 3 heterocycles. The summed E-state index contributed by atoms with van der Waals surface area (Å²) >= 11 is 0. The minimum absolute atomic E-state index is 0.0501. The second kappa shape index (κ2) is 6.81. The molecular formula is C20H24N2O2. The molecule has 0 N–H and O–H groups in total. The van der Waals surface area contributed by atoms with Gasteiger partial charge >= 0.3 is 0 Å². The maximum absolute atomic E-state index is 12.8. The van der Waals surface area contributed by atoms with Gasteiger partial charge in [-0.15, -0.1) is 0 Å². The summed E-state index contributed by atoms with van der Waals surface area (Å²) in [6, 6.07) is 15.0. The fraction of sp³-hybridized carbons (Fsp3) is 0.450. The highest BCUT2D eigenvalue weighted by Gasteiger charge is 2.40. The number of amides is 1. The summed E-state index contributed by atoms with van der Waals surface area (Å²) in [5.41, 5.74) is 1.35. The maximum Gasteiger partial charge on any atom is 0.289 e. The zero-order chi connectivity index (χ0) is 16.4. The van der Waals surface area contributed by atoms with E-state index >= 15 is 0 Å². The molecule has 4 rings (SSSR count). The van der Waals surface area contributed by atoms with E-state index in [4.69, 9.17) is 4.42 Å². The highest BCUT2D eigenvalue weighted by molar-refractivity contribution is 5.91. The predicted octanol–water partition coefficient (Wildman–Crippen LogP) is 3.55. The van der Waals surface area contributed by atoms with Gasteiger partial charge in [-0.2, -0.15) is 0 Å². The Bertz CT molecular complexity index is 668. The van der Waals surface area contributed by atoms with Crippen LogP contribution >= 0.6 is 0 Å². The van der Waals surface area contributed by atoms with Gasteiger partial charge < -0.3 is 9.32 Å². The Morgan fingerprint density at radius 2 is 1.79 bits per heavy atom. The molecule has 126 valence electrons. The minimum atomic E-state index is 0.0501. The molecule has 0 unspecified atom stereocenters. The van der Waals surface area contributed by atoms with Crippen LogP contribution in [0.4, 0.5) is 0 Å². The van der Waals surface area contributed by atoms with Crippen LogP contribution in [0, 0.1) is 0 Å². The van der Waals surface area contributed by atoms with E-state index in [1.165, 1.54) is 18.4 Å². The number of rotatable bonds is 4. The summed E-state index contributed by atoms with van der Waals surface area (Å²) < 4.78 is 5.34. The van der Waals surface area contributed by atoms with Crippen LogP contribution in [0.2, 0.25) is 0 Å². The van der Waals surface area contributed by atoms with Gasteiger partial charge in [-0.3, -0.25) is 9.69 Å². The first-order valence-corrected chi connectivity index (χ1v) is 8.95. The van der Waals surface area contributed by atoms with Crippen LogP contribution in [0.5, 0.6) is 0 Å². The van der Waals surface area contributed by atoms with Gasteiger partial charge in [-0.1, -0.05) is 30.3 Å². The molecule has 4 nitrogen and oxygen atoms in total. The van der Waals surface area contributed by atoms with Crippen LogP contribution in [0.3, 0.4) is 0 Å². The lowest BCUT2D eigenvalue weighted by Crippen LogP contribution is -2.48. The van der Waals surface area contributed by atoms with Crippen LogP contribution in [0.15, 0.2) is 53.1 Å². The van der Waals surface area contributed by atoms with Crippen molar-refractivity contribution < 1.29 is 9.21 Å². The van der Waals surface area contributed by atoms with E-state index in [1.807, 2.05) is 4.90 Å². The van der Waals surface area contributed by atoms with Gasteiger partial charge in [-0.25, -0.2) is 0 Å². The van der Waals surface area contributed by atoms with Crippen LogP contribution < -0.4 is 0 Å². The van der Waals surface area contributed by atoms with E-state index in [0.29, 0.717) is 17.8 Å². The van der Waals surface area contributed by atoms with Crippen molar-refractivity contribution in [3.05, 3.63) is 60.1 Å². The summed E-state index contributed by atoms with van der Waals surface area (Å²) in [6.45, 7) is 2.95. The van der Waals surface area contributed by atoms with Crippen molar-refractivity contribution in [1.82, 2.24) is 9.80 Å². The van der Waals surface area contributed by atoms with Gasteiger partial charge in [0, 0.05) is 25.2 Å². The van der Waals surface area contributed by atoms with Gasteiger partial charge in [-0.05, 0) is 49.9 Å². The molecule has 2 aliphatic rings. The van der Waals surface area contributed by atoms with Crippen molar-refractivity contribution in [1.29, 1.82) is 0 Å². The number of hydrogen-bond acceptors (Lipinski definition) is 3. The molecule has 1 aromatic carbocycles. The quantitative estimate of drug-likeness (QED) is 0.863. The second-order valence-corrected chi connectivity index (χ2v) is 6.85. The number of carbonyl (C=O) groups is 1. The molecular weight excluding hydrogens is 300 g/mol. The molecule has 2 aromatic rings. The molecule has 0 aliphatic carbocycles. The molecule has 0 saturated carbocycles. The third-order valence-electron chi connectivity index (χ3n) is 5.38. The van der Waals surface area contributed by atoms with Gasteiger partial charge in [0.1, 0.15) is 0 Å². The number of hydrogen-bond donors (Lipinski definition) is 0. The molecule has 0 bridgehead atoms. The second-order valence-electron chi connectivity index (χ2n) is 6.85. The average molecular weight is 324 g/mol. The summed E-state index contributed by atoms with van der Waals surface area (Å²) in [7, 11) is 0. The lowest BCUT2D eigenvalue weighted by Gasteiger charge is -2.34. The van der Waals surface area contributed by atoms with E-state index < -0.39 is 0 Å². The molecule has 2 aliphatic heterocycles. The first-order valence-electron chi connectivity index (χ1n) is 8.95. The average Bonchev–Trinajstić information content (AvgIpc) is 3.36. The van der Waals surface area contributed by atoms with Crippen molar-refractivity contribution in [3.8, 4) is 0 Å². The van der Waals surface area contributed by atoms with E-state index in [2.05, 4.69) is 35.2 Å². The number of likely N-dealkylation sites (tertiary alicyclic amines) is 2. The van der Waals surface area contributed by atoms with Crippen molar-refractivity contribution in [2.75, 3.05) is 13.1 Å². The van der Waals surface area contributed by atoms with E-state index in [1.54, 1.807) is 18.4 Å². The summed E-state index contributed by atoms with van der Waals surface area (Å²) in [6.07, 6.45) is 6.17. The Kier molecular flexibility index (Phi) is 4.39. The maximum atomic E-state index is 12.8. The molecule has 0 spiro atoms. The molecule has 0 radical (unpaired) electrons. The largest absolute Gasteiger partial charge is 0.459 e. The van der Waals surface area contributed by atoms with Crippen molar-refractivity contribution in [3.63, 3.8) is 0 Å². The van der Waals surface area contributed by atoms with Crippen molar-refractivity contribution in [2.24, 2.45) is 0 Å². The number of furan rings is 1. The standard InChI is InChI=1S/C20H24N2O2/c23-20(19-11-6-14-24-19)22-13-5-10-18(22)17-9-4-12-21(17)15-16-7-2-1-3-8-16/h1-3,6-8,11,14,17-18H,4-5,9-10,12-13,15H2/t17-,18-/m1/s1. The summed E-state index contributed by atoms with van der Waals surface area (Å²) in [5.74, 6) is 0.517. The number of benzene rings is 1. The molecule has 2 saturated heterocycles. The fourth-order valence-corrected chi connectivity index (χ4v) is 4.29. The third-order valence-corrected chi connectivity index (χ3v) is 5.38. The zero-order valence-corrected chi connectivity index (χ0v) is 13.9. The Hall–Kier alpha value is -2.07. The van der Waals surface area contributed by atoms with E-state index in [9.17, 15) is 4.79 Å². The lowest BCUT2D eigenvalue weighted by atomic mass is 10.0. The van der Waals surface area contributed by atoms with E-state index in [0.717, 1.165) is 32.5 Å². The Morgan fingerprint density at radius 1 is 1.00 bits per heavy atom. The highest BCUT2D eigenvalue weighted by Crippen LogP contribution is 2.32. The topological polar surface area (TPSA) is 36.7 Å². The fourth-order valence-electron chi connectivity index (χ4n) is 4.29. The summed E-state index contributed by atoms with van der Waals surface area (Å²) in [4.78, 5) is 17.4.